The molecular formula is C26H21Cl2N7O. The first kappa shape index (κ1) is 20.9. The highest BCUT2D eigenvalue weighted by Gasteiger charge is 2.50. The number of aromatic nitrogens is 6. The van der Waals surface area contributed by atoms with Crippen molar-refractivity contribution in [1.29, 1.82) is 0 Å². The van der Waals surface area contributed by atoms with Crippen molar-refractivity contribution in [3.63, 3.8) is 0 Å². The number of hydrogen-bond acceptors (Lipinski definition) is 6. The number of hydrogen-bond donors (Lipinski definition) is 1. The number of H-pyrrole nitrogens is 1. The molecule has 1 spiro atoms. The lowest BCUT2D eigenvalue weighted by Gasteiger charge is -2.29. The van der Waals surface area contributed by atoms with Crippen molar-refractivity contribution in [3.05, 3.63) is 58.2 Å². The van der Waals surface area contributed by atoms with Gasteiger partial charge in [-0.15, -0.1) is 10.2 Å². The third-order valence-corrected chi connectivity index (χ3v) is 8.32. The third-order valence-electron chi connectivity index (χ3n) is 7.84. The average molecular weight is 518 g/mol. The van der Waals surface area contributed by atoms with Crippen LogP contribution in [0.25, 0.3) is 39.0 Å². The Morgan fingerprint density at radius 2 is 1.86 bits per heavy atom. The van der Waals surface area contributed by atoms with Crippen molar-refractivity contribution in [2.75, 3.05) is 31.2 Å². The summed E-state index contributed by atoms with van der Waals surface area (Å²) in [6, 6.07) is 10.6. The fourth-order valence-corrected chi connectivity index (χ4v) is 6.26. The molecule has 0 amide bonds. The van der Waals surface area contributed by atoms with E-state index in [4.69, 9.17) is 32.9 Å². The van der Waals surface area contributed by atoms with E-state index in [1.54, 1.807) is 0 Å². The molecule has 0 radical (unpaired) electrons. The Kier molecular flexibility index (Phi) is 4.31. The lowest BCUT2D eigenvalue weighted by atomic mass is 9.94. The Bertz CT molecular complexity index is 1700. The van der Waals surface area contributed by atoms with Crippen LogP contribution in [0.3, 0.4) is 0 Å². The second kappa shape index (κ2) is 7.41. The molecule has 3 aromatic heterocycles. The van der Waals surface area contributed by atoms with E-state index in [2.05, 4.69) is 53.9 Å². The van der Waals surface area contributed by atoms with Crippen LogP contribution in [0.4, 0.5) is 5.69 Å². The van der Waals surface area contributed by atoms with E-state index < -0.39 is 0 Å². The van der Waals surface area contributed by atoms with Crippen molar-refractivity contribution in [1.82, 2.24) is 29.7 Å². The summed E-state index contributed by atoms with van der Waals surface area (Å²) in [4.78, 5) is 15.5. The van der Waals surface area contributed by atoms with Crippen LogP contribution >= 0.6 is 23.2 Å². The Morgan fingerprint density at radius 1 is 1.00 bits per heavy atom. The molecule has 0 atom stereocenters. The third kappa shape index (κ3) is 2.92. The van der Waals surface area contributed by atoms with E-state index in [9.17, 15) is 0 Å². The van der Waals surface area contributed by atoms with Crippen LogP contribution in [-0.2, 0) is 16.6 Å². The monoisotopic (exact) mass is 517 g/mol. The number of nitrogens with zero attached hydrogens (tertiary/aromatic N) is 6. The highest BCUT2D eigenvalue weighted by atomic mass is 35.5. The predicted octanol–water partition coefficient (Wildman–Crippen LogP) is 5.09. The van der Waals surface area contributed by atoms with E-state index >= 15 is 0 Å². The normalized spacial score (nSPS) is 18.1. The second-order valence-electron chi connectivity index (χ2n) is 9.91. The first-order chi connectivity index (χ1) is 17.6. The molecule has 3 aliphatic rings. The van der Waals surface area contributed by atoms with Crippen LogP contribution in [0.15, 0.2) is 36.5 Å². The van der Waals surface area contributed by atoms with Gasteiger partial charge in [-0.3, -0.25) is 9.55 Å². The number of benzene rings is 2. The number of aromatic amines is 1. The number of pyridine rings is 1. The Hall–Kier alpha value is -3.20. The van der Waals surface area contributed by atoms with Gasteiger partial charge in [-0.05, 0) is 60.7 Å². The van der Waals surface area contributed by atoms with Gasteiger partial charge in [0.15, 0.2) is 5.82 Å². The number of fused-ring (bicyclic) bond motifs is 5. The van der Waals surface area contributed by atoms with Gasteiger partial charge in [0.1, 0.15) is 11.3 Å². The van der Waals surface area contributed by atoms with Crippen molar-refractivity contribution >= 4 is 50.8 Å². The van der Waals surface area contributed by atoms with Gasteiger partial charge in [-0.25, -0.2) is 4.98 Å². The van der Waals surface area contributed by atoms with Gasteiger partial charge in [0.2, 0.25) is 5.28 Å². The highest BCUT2D eigenvalue weighted by Crippen LogP contribution is 2.55. The molecule has 1 aliphatic carbocycles. The van der Waals surface area contributed by atoms with Crippen LogP contribution in [-0.4, -0.2) is 56.0 Å². The highest BCUT2D eigenvalue weighted by molar-refractivity contribution is 6.35. The Balaban J connectivity index is 1.49. The van der Waals surface area contributed by atoms with Crippen molar-refractivity contribution in [2.24, 2.45) is 0 Å². The molecule has 0 bridgehead atoms. The first-order valence-corrected chi connectivity index (χ1v) is 12.9. The largest absolute Gasteiger partial charge is 0.378 e. The van der Waals surface area contributed by atoms with Crippen LogP contribution in [0.1, 0.15) is 24.2 Å². The summed E-state index contributed by atoms with van der Waals surface area (Å²) in [5.74, 6) is 1.70. The molecule has 0 unspecified atom stereocenters. The topological polar surface area (TPSA) is 84.8 Å². The van der Waals surface area contributed by atoms with Crippen molar-refractivity contribution in [2.45, 2.75) is 24.7 Å². The minimum Gasteiger partial charge on any atom is -0.378 e. The lowest BCUT2D eigenvalue weighted by molar-refractivity contribution is 0.122. The molecule has 2 aliphatic heterocycles. The average Bonchev–Trinajstić information content (AvgIpc) is 3.41. The zero-order valence-corrected chi connectivity index (χ0v) is 20.8. The molecule has 1 N–H and O–H groups in total. The molecule has 10 heteroatoms. The van der Waals surface area contributed by atoms with E-state index in [0.717, 1.165) is 77.1 Å². The summed E-state index contributed by atoms with van der Waals surface area (Å²) in [5, 5.41) is 10.4. The van der Waals surface area contributed by atoms with E-state index in [1.807, 2.05) is 12.3 Å². The fourth-order valence-electron chi connectivity index (χ4n) is 5.92. The van der Waals surface area contributed by atoms with E-state index in [-0.39, 0.29) is 10.7 Å². The van der Waals surface area contributed by atoms with Crippen LogP contribution in [0.5, 0.6) is 0 Å². The van der Waals surface area contributed by atoms with Gasteiger partial charge in [0.25, 0.3) is 0 Å². The molecule has 8 rings (SSSR count). The minimum absolute atomic E-state index is 0.00570. The molecule has 5 heterocycles. The number of halogens is 2. The molecule has 180 valence electrons. The summed E-state index contributed by atoms with van der Waals surface area (Å²) < 4.78 is 7.96. The predicted molar refractivity (Wildman–Crippen MR) is 139 cm³/mol. The minimum atomic E-state index is -0.00570. The summed E-state index contributed by atoms with van der Waals surface area (Å²) in [5.41, 5.74) is 7.08. The Labute approximate surface area is 216 Å². The first-order valence-electron chi connectivity index (χ1n) is 12.2. The lowest BCUT2D eigenvalue weighted by Crippen LogP contribution is -2.36. The molecule has 2 aromatic carbocycles. The molecule has 36 heavy (non-hydrogen) atoms. The number of anilines is 1. The summed E-state index contributed by atoms with van der Waals surface area (Å²) >= 11 is 12.8. The van der Waals surface area contributed by atoms with Gasteiger partial charge in [-0.1, -0.05) is 17.7 Å². The molecule has 2 fully saturated rings. The quantitative estimate of drug-likeness (QED) is 0.351. The molecule has 1 saturated carbocycles. The molecular weight excluding hydrogens is 497 g/mol. The smallest absolute Gasteiger partial charge is 0.222 e. The Morgan fingerprint density at radius 3 is 2.64 bits per heavy atom. The number of nitrogens with one attached hydrogen (secondary N) is 1. The van der Waals surface area contributed by atoms with Gasteiger partial charge in [0.05, 0.1) is 35.0 Å². The number of rotatable bonds is 2. The van der Waals surface area contributed by atoms with Crippen LogP contribution in [0.2, 0.25) is 10.3 Å². The molecule has 8 nitrogen and oxygen atoms in total. The van der Waals surface area contributed by atoms with Gasteiger partial charge < -0.3 is 14.6 Å². The molecule has 5 aromatic rings. The number of morpholine rings is 1. The van der Waals surface area contributed by atoms with Crippen LogP contribution < -0.4 is 4.90 Å². The summed E-state index contributed by atoms with van der Waals surface area (Å²) in [6.45, 7) is 3.05. The zero-order chi connectivity index (χ0) is 24.0. The van der Waals surface area contributed by atoms with Gasteiger partial charge in [0, 0.05) is 41.3 Å². The maximum atomic E-state index is 6.64. The maximum absolute atomic E-state index is 6.64. The van der Waals surface area contributed by atoms with Crippen LogP contribution in [0, 0.1) is 0 Å². The molecule has 1 saturated heterocycles. The van der Waals surface area contributed by atoms with E-state index in [1.165, 1.54) is 5.56 Å². The van der Waals surface area contributed by atoms with Crippen molar-refractivity contribution < 1.29 is 4.74 Å². The van der Waals surface area contributed by atoms with Crippen molar-refractivity contribution in [3.8, 4) is 17.1 Å². The standard InChI is InChI=1S/C26H21Cl2N7O/c27-17-2-1-14-13-26(4-5-26)24-30-21-16(23-31-25(28)33-32-23)11-15(34-7-9-36-10-8-34)12-19(21)35(24)18-3-6-29-22(17)20(14)18/h1-3,6,11-12H,4-5,7-10,13H2,(H,31,32,33). The maximum Gasteiger partial charge on any atom is 0.222 e. The summed E-state index contributed by atoms with van der Waals surface area (Å²) in [7, 11) is 0. The van der Waals surface area contributed by atoms with E-state index in [0.29, 0.717) is 24.1 Å². The fraction of sp³-hybridized carbons (Fsp3) is 0.308. The van der Waals surface area contributed by atoms with Gasteiger partial charge in [-0.2, -0.15) is 0 Å². The zero-order valence-electron chi connectivity index (χ0n) is 19.3. The second-order valence-corrected chi connectivity index (χ2v) is 10.7. The summed E-state index contributed by atoms with van der Waals surface area (Å²) in [6.07, 6.45) is 4.96. The van der Waals surface area contributed by atoms with Gasteiger partial charge >= 0.3 is 0 Å². The SMILES string of the molecule is Clc1nnc(-c2cc(N3CCOCC3)cc3c2nc2n3-c3ccnc4c(Cl)ccc(c34)CC23CC3)[nH]1. The number of imidazole rings is 1. The number of ether oxygens (including phenoxy) is 1.